The van der Waals surface area contributed by atoms with Gasteiger partial charge in [0.15, 0.2) is 11.5 Å². The number of thiazole rings is 1. The van der Waals surface area contributed by atoms with Crippen LogP contribution >= 0.6 is 22.9 Å². The fraction of sp³-hybridized carbons (Fsp3) is 0.231. The molecule has 0 aliphatic carbocycles. The number of carbonyl (C=O) groups excluding carboxylic acids is 1. The number of hydrogen-bond acceptors (Lipinski definition) is 6. The molecule has 34 heavy (non-hydrogen) atoms. The first-order valence-electron chi connectivity index (χ1n) is 11.1. The van der Waals surface area contributed by atoms with Gasteiger partial charge in [0, 0.05) is 16.1 Å². The molecular formula is C26H25ClN2O4S. The summed E-state index contributed by atoms with van der Waals surface area (Å²) in [5.74, 6) is 1.10. The van der Waals surface area contributed by atoms with Gasteiger partial charge in [-0.2, -0.15) is 0 Å². The van der Waals surface area contributed by atoms with Crippen LogP contribution in [-0.2, 0) is 0 Å². The number of ether oxygens (including phenoxy) is 3. The second-order valence-corrected chi connectivity index (χ2v) is 8.70. The monoisotopic (exact) mass is 496 g/mol. The molecule has 1 aromatic heterocycles. The molecule has 6 nitrogen and oxygen atoms in total. The molecule has 0 aliphatic heterocycles. The molecule has 176 valence electrons. The van der Waals surface area contributed by atoms with E-state index in [0.29, 0.717) is 53.3 Å². The number of carbonyl (C=O) groups is 1. The number of amides is 1. The Morgan fingerprint density at radius 1 is 0.941 bits per heavy atom. The molecule has 0 bridgehead atoms. The van der Waals surface area contributed by atoms with Gasteiger partial charge in [0.2, 0.25) is 5.75 Å². The summed E-state index contributed by atoms with van der Waals surface area (Å²) in [7, 11) is 0. The van der Waals surface area contributed by atoms with Crippen LogP contribution in [-0.4, -0.2) is 30.7 Å². The quantitative estimate of drug-likeness (QED) is 0.268. The first-order valence-corrected chi connectivity index (χ1v) is 12.3. The van der Waals surface area contributed by atoms with Gasteiger partial charge in [-0.1, -0.05) is 23.7 Å². The highest BCUT2D eigenvalue weighted by Crippen LogP contribution is 2.40. The highest BCUT2D eigenvalue weighted by atomic mass is 35.5. The summed E-state index contributed by atoms with van der Waals surface area (Å²) in [6.45, 7) is 6.94. The van der Waals surface area contributed by atoms with Gasteiger partial charge in [-0.3, -0.25) is 4.79 Å². The van der Waals surface area contributed by atoms with Gasteiger partial charge < -0.3 is 19.5 Å². The third-order valence-corrected chi connectivity index (χ3v) is 6.23. The highest BCUT2D eigenvalue weighted by Gasteiger charge is 2.20. The maximum absolute atomic E-state index is 13.3. The van der Waals surface area contributed by atoms with Crippen molar-refractivity contribution in [1.29, 1.82) is 0 Å². The third kappa shape index (κ3) is 5.11. The zero-order valence-electron chi connectivity index (χ0n) is 19.2. The maximum Gasteiger partial charge on any atom is 0.255 e. The molecular weight excluding hydrogens is 472 g/mol. The molecule has 8 heteroatoms. The van der Waals surface area contributed by atoms with E-state index in [9.17, 15) is 4.79 Å². The van der Waals surface area contributed by atoms with Crippen LogP contribution in [0, 0.1) is 0 Å². The summed E-state index contributed by atoms with van der Waals surface area (Å²) in [6.07, 6.45) is 0. The Morgan fingerprint density at radius 3 is 2.26 bits per heavy atom. The smallest absolute Gasteiger partial charge is 0.255 e. The van der Waals surface area contributed by atoms with Crippen molar-refractivity contribution in [3.05, 3.63) is 65.2 Å². The largest absolute Gasteiger partial charge is 0.490 e. The SMILES string of the molecule is CCOc1cc(C(=O)Nc2ccc(Cl)cc2-c2nc3ccccc3s2)cc(OCC)c1OCC. The Bertz CT molecular complexity index is 1260. The van der Waals surface area contributed by atoms with Gasteiger partial charge in [-0.05, 0) is 63.2 Å². The van der Waals surface area contributed by atoms with Crippen molar-refractivity contribution in [1.82, 2.24) is 4.98 Å². The number of halogens is 1. The third-order valence-electron chi connectivity index (χ3n) is 4.93. The highest BCUT2D eigenvalue weighted by molar-refractivity contribution is 7.21. The standard InChI is InChI=1S/C26H25ClN2O4S/c1-4-31-21-13-16(14-22(32-5-2)24(21)33-6-3)25(30)28-19-12-11-17(27)15-18(19)26-29-20-9-7-8-10-23(20)34-26/h7-15H,4-6H2,1-3H3,(H,28,30). The van der Waals surface area contributed by atoms with Gasteiger partial charge in [-0.15, -0.1) is 11.3 Å². The topological polar surface area (TPSA) is 69.7 Å². The predicted molar refractivity (Wildman–Crippen MR) is 138 cm³/mol. The Labute approximate surface area is 207 Å². The van der Waals surface area contributed by atoms with Crippen molar-refractivity contribution in [2.45, 2.75) is 20.8 Å². The lowest BCUT2D eigenvalue weighted by atomic mass is 10.1. The van der Waals surface area contributed by atoms with Crippen molar-refractivity contribution in [2.24, 2.45) is 0 Å². The molecule has 0 saturated heterocycles. The Hall–Kier alpha value is -3.29. The maximum atomic E-state index is 13.3. The van der Waals surface area contributed by atoms with Gasteiger partial charge in [0.25, 0.3) is 5.91 Å². The number of aromatic nitrogens is 1. The summed E-state index contributed by atoms with van der Waals surface area (Å²) in [5.41, 5.74) is 2.65. The van der Waals surface area contributed by atoms with Crippen molar-refractivity contribution in [2.75, 3.05) is 25.1 Å². The molecule has 0 fully saturated rings. The molecule has 0 atom stereocenters. The van der Waals surface area contributed by atoms with E-state index in [1.807, 2.05) is 51.1 Å². The normalized spacial score (nSPS) is 10.8. The summed E-state index contributed by atoms with van der Waals surface area (Å²) < 4.78 is 18.3. The van der Waals surface area contributed by atoms with E-state index in [1.165, 1.54) is 0 Å². The van der Waals surface area contributed by atoms with E-state index in [-0.39, 0.29) is 5.91 Å². The van der Waals surface area contributed by atoms with Crippen molar-refractivity contribution >= 4 is 44.7 Å². The average molecular weight is 497 g/mol. The van der Waals surface area contributed by atoms with Crippen molar-refractivity contribution in [3.63, 3.8) is 0 Å². The van der Waals surface area contributed by atoms with E-state index in [4.69, 9.17) is 30.8 Å². The minimum atomic E-state index is -0.311. The van der Waals surface area contributed by atoms with Crippen LogP contribution in [0.4, 0.5) is 5.69 Å². The van der Waals surface area contributed by atoms with Crippen molar-refractivity contribution in [3.8, 4) is 27.8 Å². The van der Waals surface area contributed by atoms with E-state index < -0.39 is 0 Å². The molecule has 0 unspecified atom stereocenters. The fourth-order valence-corrected chi connectivity index (χ4v) is 4.67. The van der Waals surface area contributed by atoms with Gasteiger partial charge in [0.1, 0.15) is 5.01 Å². The minimum Gasteiger partial charge on any atom is -0.490 e. The Morgan fingerprint density at radius 2 is 1.62 bits per heavy atom. The van der Waals surface area contributed by atoms with Gasteiger partial charge in [0.05, 0.1) is 35.7 Å². The molecule has 1 amide bonds. The van der Waals surface area contributed by atoms with Gasteiger partial charge in [-0.25, -0.2) is 4.98 Å². The van der Waals surface area contributed by atoms with Crippen LogP contribution in [0.5, 0.6) is 17.2 Å². The molecule has 0 saturated carbocycles. The van der Waals surface area contributed by atoms with Crippen molar-refractivity contribution < 1.29 is 19.0 Å². The summed E-state index contributed by atoms with van der Waals surface area (Å²) in [5, 5.41) is 4.34. The zero-order valence-corrected chi connectivity index (χ0v) is 20.8. The molecule has 1 N–H and O–H groups in total. The second-order valence-electron chi connectivity index (χ2n) is 7.23. The first-order chi connectivity index (χ1) is 16.5. The van der Waals surface area contributed by atoms with Crippen LogP contribution in [0.15, 0.2) is 54.6 Å². The fourth-order valence-electron chi connectivity index (χ4n) is 3.50. The molecule has 4 aromatic rings. The minimum absolute atomic E-state index is 0.311. The number of fused-ring (bicyclic) bond motifs is 1. The van der Waals surface area contributed by atoms with E-state index in [2.05, 4.69) is 5.32 Å². The summed E-state index contributed by atoms with van der Waals surface area (Å²) >= 11 is 7.84. The number of anilines is 1. The summed E-state index contributed by atoms with van der Waals surface area (Å²) in [6, 6.07) is 16.6. The lowest BCUT2D eigenvalue weighted by Crippen LogP contribution is -2.14. The molecule has 0 radical (unpaired) electrons. The van der Waals surface area contributed by atoms with Crippen LogP contribution < -0.4 is 19.5 Å². The lowest BCUT2D eigenvalue weighted by molar-refractivity contribution is 0.102. The average Bonchev–Trinajstić information content (AvgIpc) is 3.26. The van der Waals surface area contributed by atoms with Crippen LogP contribution in [0.25, 0.3) is 20.8 Å². The first kappa shape index (κ1) is 23.9. The number of para-hydroxylation sites is 1. The predicted octanol–water partition coefficient (Wildman–Crippen LogP) is 7.07. The van der Waals surface area contributed by atoms with Crippen LogP contribution in [0.1, 0.15) is 31.1 Å². The zero-order chi connectivity index (χ0) is 24.1. The molecule has 0 aliphatic rings. The molecule has 4 rings (SSSR count). The number of nitrogens with one attached hydrogen (secondary N) is 1. The van der Waals surface area contributed by atoms with E-state index in [1.54, 1.807) is 35.6 Å². The van der Waals surface area contributed by atoms with E-state index in [0.717, 1.165) is 20.8 Å². The lowest BCUT2D eigenvalue weighted by Gasteiger charge is -2.17. The Kier molecular flexibility index (Phi) is 7.55. The number of benzene rings is 3. The summed E-state index contributed by atoms with van der Waals surface area (Å²) in [4.78, 5) is 18.0. The number of rotatable bonds is 9. The molecule has 1 heterocycles. The second kappa shape index (κ2) is 10.8. The van der Waals surface area contributed by atoms with Gasteiger partial charge >= 0.3 is 0 Å². The van der Waals surface area contributed by atoms with Crippen LogP contribution in [0.3, 0.4) is 0 Å². The Balaban J connectivity index is 1.71. The van der Waals surface area contributed by atoms with E-state index >= 15 is 0 Å². The molecule has 3 aromatic carbocycles. The van der Waals surface area contributed by atoms with Crippen LogP contribution in [0.2, 0.25) is 5.02 Å². The molecule has 0 spiro atoms. The number of hydrogen-bond donors (Lipinski definition) is 1. The number of nitrogens with zero attached hydrogens (tertiary/aromatic N) is 1.